The molecular formula is C24H31N3O4S. The molecule has 32 heavy (non-hydrogen) atoms. The van der Waals surface area contributed by atoms with Crippen molar-refractivity contribution >= 4 is 27.3 Å². The SMILES string of the molecule is CCOc1ccc(NC(=O)CN2c3ccccc3CC2C)cc1S(=O)(=O)N1CCCCC1. The van der Waals surface area contributed by atoms with Crippen LogP contribution in [0.5, 0.6) is 5.75 Å². The number of amides is 1. The number of rotatable bonds is 7. The number of nitrogens with one attached hydrogen (secondary N) is 1. The molecule has 0 radical (unpaired) electrons. The van der Waals surface area contributed by atoms with Crippen LogP contribution in [0, 0.1) is 0 Å². The molecule has 4 rings (SSSR count). The third-order valence-corrected chi connectivity index (χ3v) is 8.04. The Kier molecular flexibility index (Phi) is 6.71. The molecule has 1 fully saturated rings. The summed E-state index contributed by atoms with van der Waals surface area (Å²) < 4.78 is 33.7. The molecular weight excluding hydrogens is 426 g/mol. The van der Waals surface area contributed by atoms with Gasteiger partial charge in [-0.15, -0.1) is 0 Å². The number of nitrogens with zero attached hydrogens (tertiary/aromatic N) is 2. The van der Waals surface area contributed by atoms with E-state index in [1.807, 2.05) is 25.1 Å². The van der Waals surface area contributed by atoms with Gasteiger partial charge in [-0.3, -0.25) is 4.79 Å². The first-order valence-corrected chi connectivity index (χ1v) is 12.8. The van der Waals surface area contributed by atoms with E-state index in [0.29, 0.717) is 31.1 Å². The summed E-state index contributed by atoms with van der Waals surface area (Å²) in [7, 11) is -3.70. The van der Waals surface area contributed by atoms with Gasteiger partial charge in [-0.2, -0.15) is 4.31 Å². The highest BCUT2D eigenvalue weighted by Crippen LogP contribution is 2.33. The number of sulfonamides is 1. The molecule has 1 amide bonds. The summed E-state index contributed by atoms with van der Waals surface area (Å²) in [6, 6.07) is 13.2. The molecule has 1 atom stereocenters. The lowest BCUT2D eigenvalue weighted by Gasteiger charge is -2.27. The van der Waals surface area contributed by atoms with Crippen LogP contribution < -0.4 is 15.0 Å². The lowest BCUT2D eigenvalue weighted by molar-refractivity contribution is -0.115. The van der Waals surface area contributed by atoms with E-state index in [1.54, 1.807) is 12.1 Å². The molecule has 2 heterocycles. The van der Waals surface area contributed by atoms with Crippen molar-refractivity contribution in [1.29, 1.82) is 0 Å². The zero-order valence-electron chi connectivity index (χ0n) is 18.7. The van der Waals surface area contributed by atoms with Crippen molar-refractivity contribution in [1.82, 2.24) is 4.31 Å². The summed E-state index contributed by atoms with van der Waals surface area (Å²) in [5.41, 5.74) is 2.77. The summed E-state index contributed by atoms with van der Waals surface area (Å²) in [6.07, 6.45) is 3.66. The van der Waals surface area contributed by atoms with Crippen molar-refractivity contribution in [3.63, 3.8) is 0 Å². The summed E-state index contributed by atoms with van der Waals surface area (Å²) in [5.74, 6) is 0.136. The number of piperidine rings is 1. The number of benzene rings is 2. The van der Waals surface area contributed by atoms with E-state index >= 15 is 0 Å². The largest absolute Gasteiger partial charge is 0.492 e. The Bertz CT molecular complexity index is 1080. The molecule has 7 nitrogen and oxygen atoms in total. The monoisotopic (exact) mass is 457 g/mol. The minimum atomic E-state index is -3.70. The highest BCUT2D eigenvalue weighted by atomic mass is 32.2. The fourth-order valence-electron chi connectivity index (χ4n) is 4.53. The third-order valence-electron chi connectivity index (χ3n) is 6.12. The van der Waals surface area contributed by atoms with Gasteiger partial charge in [0, 0.05) is 30.5 Å². The van der Waals surface area contributed by atoms with Gasteiger partial charge in [0.25, 0.3) is 0 Å². The second-order valence-electron chi connectivity index (χ2n) is 8.42. The fraction of sp³-hybridized carbons (Fsp3) is 0.458. The lowest BCUT2D eigenvalue weighted by atomic mass is 10.1. The minimum Gasteiger partial charge on any atom is -0.492 e. The zero-order chi connectivity index (χ0) is 22.7. The van der Waals surface area contributed by atoms with Gasteiger partial charge in [0.2, 0.25) is 15.9 Å². The maximum atomic E-state index is 13.3. The predicted octanol–water partition coefficient (Wildman–Crippen LogP) is 3.65. The van der Waals surface area contributed by atoms with E-state index in [4.69, 9.17) is 4.74 Å². The van der Waals surface area contributed by atoms with E-state index in [1.165, 1.54) is 15.9 Å². The van der Waals surface area contributed by atoms with Crippen LogP contribution in [0.25, 0.3) is 0 Å². The predicted molar refractivity (Wildman–Crippen MR) is 126 cm³/mol. The summed E-state index contributed by atoms with van der Waals surface area (Å²) in [6.45, 7) is 5.52. The van der Waals surface area contributed by atoms with Crippen LogP contribution in [0.3, 0.4) is 0 Å². The van der Waals surface area contributed by atoms with E-state index in [9.17, 15) is 13.2 Å². The highest BCUT2D eigenvalue weighted by molar-refractivity contribution is 7.89. The van der Waals surface area contributed by atoms with Gasteiger partial charge >= 0.3 is 0 Å². The first-order valence-electron chi connectivity index (χ1n) is 11.3. The van der Waals surface area contributed by atoms with Crippen molar-refractivity contribution < 1.29 is 17.9 Å². The van der Waals surface area contributed by atoms with Gasteiger partial charge in [0.05, 0.1) is 13.2 Å². The number of fused-ring (bicyclic) bond motifs is 1. The molecule has 1 saturated heterocycles. The smallest absolute Gasteiger partial charge is 0.246 e. The molecule has 172 valence electrons. The van der Waals surface area contributed by atoms with Crippen molar-refractivity contribution in [3.8, 4) is 5.75 Å². The molecule has 2 aliphatic rings. The van der Waals surface area contributed by atoms with Gasteiger partial charge in [-0.1, -0.05) is 24.6 Å². The van der Waals surface area contributed by atoms with Crippen LogP contribution in [0.4, 0.5) is 11.4 Å². The van der Waals surface area contributed by atoms with Gasteiger partial charge in [0.1, 0.15) is 10.6 Å². The van der Waals surface area contributed by atoms with Crippen LogP contribution in [0.15, 0.2) is 47.4 Å². The molecule has 0 saturated carbocycles. The lowest BCUT2D eigenvalue weighted by Crippen LogP contribution is -2.37. The number of hydrogen-bond acceptors (Lipinski definition) is 5. The molecule has 0 aliphatic carbocycles. The Hall–Kier alpha value is -2.58. The quantitative estimate of drug-likeness (QED) is 0.687. The zero-order valence-corrected chi connectivity index (χ0v) is 19.5. The van der Waals surface area contributed by atoms with E-state index < -0.39 is 10.0 Å². The molecule has 8 heteroatoms. The fourth-order valence-corrected chi connectivity index (χ4v) is 6.21. The Labute approximate surface area is 190 Å². The number of hydrogen-bond donors (Lipinski definition) is 1. The molecule has 1 N–H and O–H groups in total. The minimum absolute atomic E-state index is 0.110. The van der Waals surface area contributed by atoms with Gasteiger partial charge < -0.3 is 15.0 Å². The first-order chi connectivity index (χ1) is 15.4. The molecule has 0 bridgehead atoms. The van der Waals surface area contributed by atoms with Crippen LogP contribution >= 0.6 is 0 Å². The van der Waals surface area contributed by atoms with E-state index in [2.05, 4.69) is 23.2 Å². The van der Waals surface area contributed by atoms with Gasteiger partial charge in [0.15, 0.2) is 0 Å². The number of anilines is 2. The summed E-state index contributed by atoms with van der Waals surface area (Å²) in [4.78, 5) is 15.1. The average molecular weight is 458 g/mol. The van der Waals surface area contributed by atoms with E-state index in [-0.39, 0.29) is 23.4 Å². The Morgan fingerprint density at radius 3 is 2.62 bits per heavy atom. The number of ether oxygens (including phenoxy) is 1. The summed E-state index contributed by atoms with van der Waals surface area (Å²) in [5, 5.41) is 2.89. The average Bonchev–Trinajstić information content (AvgIpc) is 3.10. The number of carbonyl (C=O) groups excluding carboxylic acids is 1. The Morgan fingerprint density at radius 2 is 1.88 bits per heavy atom. The maximum Gasteiger partial charge on any atom is 0.246 e. The summed E-state index contributed by atoms with van der Waals surface area (Å²) >= 11 is 0. The highest BCUT2D eigenvalue weighted by Gasteiger charge is 2.30. The van der Waals surface area contributed by atoms with Crippen LogP contribution in [0.2, 0.25) is 0 Å². The van der Waals surface area contributed by atoms with Crippen molar-refractivity contribution in [3.05, 3.63) is 48.0 Å². The van der Waals surface area contributed by atoms with Crippen molar-refractivity contribution in [2.24, 2.45) is 0 Å². The second-order valence-corrected chi connectivity index (χ2v) is 10.3. The third kappa shape index (κ3) is 4.61. The van der Waals surface area contributed by atoms with Gasteiger partial charge in [-0.05, 0) is 62.9 Å². The van der Waals surface area contributed by atoms with Crippen LogP contribution in [0.1, 0.15) is 38.7 Å². The van der Waals surface area contributed by atoms with Crippen molar-refractivity contribution in [2.75, 3.05) is 36.5 Å². The second kappa shape index (κ2) is 9.50. The maximum absolute atomic E-state index is 13.3. The van der Waals surface area contributed by atoms with Crippen LogP contribution in [-0.4, -0.2) is 50.9 Å². The van der Waals surface area contributed by atoms with Crippen molar-refractivity contribution in [2.45, 2.75) is 50.5 Å². The standard InChI is InChI=1S/C24H31N3O4S/c1-3-31-22-12-11-20(16-23(22)32(29,30)26-13-7-4-8-14-26)25-24(28)17-27-18(2)15-19-9-5-6-10-21(19)27/h5-6,9-12,16,18H,3-4,7-8,13-15,17H2,1-2H3,(H,25,28). The molecule has 2 aromatic carbocycles. The molecule has 0 aromatic heterocycles. The van der Waals surface area contributed by atoms with Gasteiger partial charge in [-0.25, -0.2) is 8.42 Å². The topological polar surface area (TPSA) is 79.0 Å². The van der Waals surface area contributed by atoms with E-state index in [0.717, 1.165) is 31.4 Å². The molecule has 0 spiro atoms. The molecule has 1 unspecified atom stereocenters. The Morgan fingerprint density at radius 1 is 1.12 bits per heavy atom. The molecule has 2 aromatic rings. The number of carbonyl (C=O) groups is 1. The first kappa shape index (κ1) is 22.6. The van der Waals surface area contributed by atoms with Crippen LogP contribution in [-0.2, 0) is 21.2 Å². The molecule has 2 aliphatic heterocycles. The Balaban J connectivity index is 1.54. The normalized spacial score (nSPS) is 18.9. The number of para-hydroxylation sites is 1.